The Bertz CT molecular complexity index is 451. The average molecular weight is 264 g/mol. The zero-order valence-electron chi connectivity index (χ0n) is 10.4. The van der Waals surface area contributed by atoms with Crippen LogP contribution in [-0.4, -0.2) is 19.1 Å². The lowest BCUT2D eigenvalue weighted by atomic mass is 9.97. The van der Waals surface area contributed by atoms with Gasteiger partial charge in [-0.1, -0.05) is 11.6 Å². The van der Waals surface area contributed by atoms with Gasteiger partial charge >= 0.3 is 0 Å². The minimum atomic E-state index is 0.456. The lowest BCUT2D eigenvalue weighted by molar-refractivity contribution is 0.441. The van der Waals surface area contributed by atoms with Crippen LogP contribution < -0.4 is 10.6 Å². The van der Waals surface area contributed by atoms with Crippen LogP contribution in [0, 0.1) is 11.3 Å². The molecule has 4 heteroatoms. The van der Waals surface area contributed by atoms with Gasteiger partial charge in [0.15, 0.2) is 0 Å². The number of hydrogen-bond acceptors (Lipinski definition) is 3. The highest BCUT2D eigenvalue weighted by molar-refractivity contribution is 6.30. The number of nitriles is 1. The molecular weight excluding hydrogens is 246 g/mol. The van der Waals surface area contributed by atoms with Crippen molar-refractivity contribution < 1.29 is 0 Å². The minimum absolute atomic E-state index is 0.456. The molecule has 0 spiro atoms. The van der Waals surface area contributed by atoms with Gasteiger partial charge in [0.05, 0.1) is 11.3 Å². The topological polar surface area (TPSA) is 53.0 Å². The largest absolute Gasteiger partial charge is 0.367 e. The highest BCUT2D eigenvalue weighted by Crippen LogP contribution is 2.30. The van der Waals surface area contributed by atoms with Crippen molar-refractivity contribution in [3.8, 4) is 6.07 Å². The Hall–Kier alpha value is -1.24. The van der Waals surface area contributed by atoms with Crippen LogP contribution in [-0.2, 0) is 0 Å². The van der Waals surface area contributed by atoms with Crippen molar-refractivity contribution in [2.45, 2.75) is 31.7 Å². The predicted octanol–water partition coefficient (Wildman–Crippen LogP) is 2.92. The quantitative estimate of drug-likeness (QED) is 0.912. The molecule has 3 nitrogen and oxygen atoms in total. The molecule has 1 aliphatic heterocycles. The molecule has 0 aromatic heterocycles. The van der Waals surface area contributed by atoms with Crippen molar-refractivity contribution in [2.75, 3.05) is 18.0 Å². The molecule has 2 rings (SSSR count). The van der Waals surface area contributed by atoms with E-state index in [0.717, 1.165) is 25.1 Å². The van der Waals surface area contributed by atoms with Gasteiger partial charge in [-0.05, 0) is 50.4 Å². The van der Waals surface area contributed by atoms with Crippen molar-refractivity contribution in [3.63, 3.8) is 0 Å². The van der Waals surface area contributed by atoms with E-state index in [4.69, 9.17) is 17.3 Å². The molecule has 0 aliphatic carbocycles. The van der Waals surface area contributed by atoms with Crippen molar-refractivity contribution >= 4 is 17.3 Å². The molecule has 18 heavy (non-hydrogen) atoms. The molecule has 1 aromatic carbocycles. The maximum atomic E-state index is 9.23. The molecule has 1 fully saturated rings. The van der Waals surface area contributed by atoms with E-state index in [2.05, 4.69) is 11.0 Å². The van der Waals surface area contributed by atoms with Crippen LogP contribution in [0.3, 0.4) is 0 Å². The summed E-state index contributed by atoms with van der Waals surface area (Å²) >= 11 is 5.94. The van der Waals surface area contributed by atoms with Gasteiger partial charge in [-0.15, -0.1) is 0 Å². The summed E-state index contributed by atoms with van der Waals surface area (Å²) in [5, 5.41) is 9.84. The fourth-order valence-electron chi connectivity index (χ4n) is 2.66. The first-order valence-corrected chi connectivity index (χ1v) is 6.80. The van der Waals surface area contributed by atoms with Crippen LogP contribution in [0.25, 0.3) is 0 Å². The minimum Gasteiger partial charge on any atom is -0.367 e. The van der Waals surface area contributed by atoms with E-state index in [9.17, 15) is 5.26 Å². The van der Waals surface area contributed by atoms with Crippen molar-refractivity contribution in [2.24, 2.45) is 5.73 Å². The average Bonchev–Trinajstić information content (AvgIpc) is 2.40. The van der Waals surface area contributed by atoms with E-state index in [1.807, 2.05) is 12.1 Å². The third-order valence-electron chi connectivity index (χ3n) is 3.52. The van der Waals surface area contributed by atoms with Gasteiger partial charge in [0.1, 0.15) is 6.07 Å². The van der Waals surface area contributed by atoms with Gasteiger partial charge in [-0.25, -0.2) is 0 Å². The first kappa shape index (κ1) is 13.2. The second-order valence-corrected chi connectivity index (χ2v) is 5.13. The molecule has 1 saturated heterocycles. The molecule has 1 heterocycles. The highest BCUT2D eigenvalue weighted by atomic mass is 35.5. The van der Waals surface area contributed by atoms with Crippen molar-refractivity contribution in [1.82, 2.24) is 0 Å². The smallest absolute Gasteiger partial charge is 0.101 e. The zero-order chi connectivity index (χ0) is 13.0. The van der Waals surface area contributed by atoms with E-state index >= 15 is 0 Å². The van der Waals surface area contributed by atoms with Crippen molar-refractivity contribution in [1.29, 1.82) is 5.26 Å². The monoisotopic (exact) mass is 263 g/mol. The van der Waals surface area contributed by atoms with Gasteiger partial charge in [-0.2, -0.15) is 5.26 Å². The van der Waals surface area contributed by atoms with Crippen LogP contribution >= 0.6 is 11.6 Å². The Labute approximate surface area is 113 Å². The molecule has 0 saturated carbocycles. The number of nitrogens with zero attached hydrogens (tertiary/aromatic N) is 2. The maximum absolute atomic E-state index is 9.23. The summed E-state index contributed by atoms with van der Waals surface area (Å²) in [5.41, 5.74) is 7.34. The van der Waals surface area contributed by atoms with Gasteiger partial charge in [-0.3, -0.25) is 0 Å². The fraction of sp³-hybridized carbons (Fsp3) is 0.500. The highest BCUT2D eigenvalue weighted by Gasteiger charge is 2.23. The van der Waals surface area contributed by atoms with E-state index in [1.54, 1.807) is 6.07 Å². The fourth-order valence-corrected chi connectivity index (χ4v) is 2.83. The normalized spacial score (nSPS) is 19.6. The van der Waals surface area contributed by atoms with Gasteiger partial charge in [0.25, 0.3) is 0 Å². The third kappa shape index (κ3) is 2.77. The number of halogens is 1. The standard InChI is InChI=1S/C14H18ClN3/c15-12-4-5-14(11(9-12)10-17)18-8-2-1-3-13(18)6-7-16/h4-5,9,13H,1-3,6-8,16H2. The summed E-state index contributed by atoms with van der Waals surface area (Å²) in [6.07, 6.45) is 4.56. The first-order valence-electron chi connectivity index (χ1n) is 6.42. The molecule has 0 amide bonds. The summed E-state index contributed by atoms with van der Waals surface area (Å²) in [6.45, 7) is 1.69. The summed E-state index contributed by atoms with van der Waals surface area (Å²) in [5.74, 6) is 0. The van der Waals surface area contributed by atoms with E-state index in [1.165, 1.54) is 12.8 Å². The number of anilines is 1. The number of piperidine rings is 1. The molecule has 1 aromatic rings. The van der Waals surface area contributed by atoms with Crippen LogP contribution in [0.5, 0.6) is 0 Å². The van der Waals surface area contributed by atoms with Crippen LogP contribution in [0.15, 0.2) is 18.2 Å². The second kappa shape index (κ2) is 6.08. The zero-order valence-corrected chi connectivity index (χ0v) is 11.2. The third-order valence-corrected chi connectivity index (χ3v) is 3.75. The Kier molecular flexibility index (Phi) is 4.46. The number of rotatable bonds is 3. The second-order valence-electron chi connectivity index (χ2n) is 4.69. The summed E-state index contributed by atoms with van der Waals surface area (Å²) in [7, 11) is 0. The Morgan fingerprint density at radius 3 is 3.00 bits per heavy atom. The Morgan fingerprint density at radius 2 is 2.28 bits per heavy atom. The molecule has 1 aliphatic rings. The lowest BCUT2D eigenvalue weighted by Crippen LogP contribution is -2.41. The molecule has 2 N–H and O–H groups in total. The summed E-state index contributed by atoms with van der Waals surface area (Å²) in [4.78, 5) is 2.32. The number of nitrogens with two attached hydrogens (primary N) is 1. The number of hydrogen-bond donors (Lipinski definition) is 1. The predicted molar refractivity (Wildman–Crippen MR) is 74.8 cm³/mol. The molecule has 1 atom stereocenters. The summed E-state index contributed by atoms with van der Waals surface area (Å²) < 4.78 is 0. The van der Waals surface area contributed by atoms with Gasteiger partial charge in [0, 0.05) is 17.6 Å². The Morgan fingerprint density at radius 1 is 1.44 bits per heavy atom. The van der Waals surface area contributed by atoms with Gasteiger partial charge < -0.3 is 10.6 Å². The SMILES string of the molecule is N#Cc1cc(Cl)ccc1N1CCCCC1CCN. The van der Waals surface area contributed by atoms with Crippen LogP contribution in [0.1, 0.15) is 31.2 Å². The molecule has 0 radical (unpaired) electrons. The molecule has 96 valence electrons. The van der Waals surface area contributed by atoms with E-state index < -0.39 is 0 Å². The van der Waals surface area contributed by atoms with E-state index in [-0.39, 0.29) is 0 Å². The van der Waals surface area contributed by atoms with Crippen LogP contribution in [0.4, 0.5) is 5.69 Å². The first-order chi connectivity index (χ1) is 8.76. The molecule has 1 unspecified atom stereocenters. The summed E-state index contributed by atoms with van der Waals surface area (Å²) in [6, 6.07) is 8.24. The molecule has 0 bridgehead atoms. The number of benzene rings is 1. The lowest BCUT2D eigenvalue weighted by Gasteiger charge is -2.38. The Balaban J connectivity index is 2.30. The van der Waals surface area contributed by atoms with E-state index in [0.29, 0.717) is 23.2 Å². The van der Waals surface area contributed by atoms with Gasteiger partial charge in [0.2, 0.25) is 0 Å². The van der Waals surface area contributed by atoms with Crippen LogP contribution in [0.2, 0.25) is 5.02 Å². The molecular formula is C14H18ClN3. The maximum Gasteiger partial charge on any atom is 0.101 e. The van der Waals surface area contributed by atoms with Crippen molar-refractivity contribution in [3.05, 3.63) is 28.8 Å².